The fourth-order valence-corrected chi connectivity index (χ4v) is 2.19. The van der Waals surface area contributed by atoms with Crippen molar-refractivity contribution in [3.05, 3.63) is 58.6 Å². The minimum absolute atomic E-state index is 0.175. The molecule has 0 radical (unpaired) electrons. The van der Waals surface area contributed by atoms with E-state index in [4.69, 9.17) is 11.6 Å². The number of carbonyl (C=O) groups is 1. The van der Waals surface area contributed by atoms with Crippen molar-refractivity contribution in [3.8, 4) is 0 Å². The van der Waals surface area contributed by atoms with Crippen molar-refractivity contribution in [1.82, 2.24) is 0 Å². The molecule has 1 amide bonds. The van der Waals surface area contributed by atoms with Gasteiger partial charge in [-0.3, -0.25) is 4.79 Å². The molecule has 0 fully saturated rings. The van der Waals surface area contributed by atoms with Crippen LogP contribution in [-0.4, -0.2) is 12.5 Å². The maximum atomic E-state index is 12.6. The van der Waals surface area contributed by atoms with Crippen LogP contribution in [0.25, 0.3) is 0 Å². The molecule has 0 saturated heterocycles. The summed E-state index contributed by atoms with van der Waals surface area (Å²) in [5.74, 6) is -0.409. The molecule has 0 spiro atoms. The highest BCUT2D eigenvalue weighted by Gasteiger charge is 2.30. The van der Waals surface area contributed by atoms with Crippen LogP contribution in [0, 0.1) is 6.92 Å². The maximum absolute atomic E-state index is 12.6. The summed E-state index contributed by atoms with van der Waals surface area (Å²) in [7, 11) is 0. The van der Waals surface area contributed by atoms with Gasteiger partial charge in [0.25, 0.3) is 0 Å². The predicted octanol–water partition coefficient (Wildman–Crippen LogP) is 4.72. The number of aryl methyl sites for hydroxylation is 1. The van der Waals surface area contributed by atoms with Gasteiger partial charge in [-0.15, -0.1) is 0 Å². The topological polar surface area (TPSA) is 41.1 Å². The molecular weight excluding hydrogens is 329 g/mol. The van der Waals surface area contributed by atoms with Gasteiger partial charge in [-0.25, -0.2) is 0 Å². The molecule has 7 heteroatoms. The summed E-state index contributed by atoms with van der Waals surface area (Å²) < 4.78 is 37.8. The highest BCUT2D eigenvalue weighted by atomic mass is 35.5. The number of amides is 1. The summed E-state index contributed by atoms with van der Waals surface area (Å²) in [5, 5.41) is 5.65. The fraction of sp³-hybridized carbons (Fsp3) is 0.188. The van der Waals surface area contributed by atoms with Crippen molar-refractivity contribution >= 4 is 28.9 Å². The van der Waals surface area contributed by atoms with Crippen molar-refractivity contribution in [2.45, 2.75) is 13.1 Å². The van der Waals surface area contributed by atoms with E-state index >= 15 is 0 Å². The maximum Gasteiger partial charge on any atom is 0.416 e. The molecule has 0 aliphatic heterocycles. The van der Waals surface area contributed by atoms with Crippen LogP contribution in [0.5, 0.6) is 0 Å². The molecule has 2 aromatic rings. The Labute approximate surface area is 136 Å². The number of hydrogen-bond acceptors (Lipinski definition) is 2. The molecule has 3 nitrogen and oxygen atoms in total. The normalized spacial score (nSPS) is 11.2. The average molecular weight is 343 g/mol. The van der Waals surface area contributed by atoms with Crippen molar-refractivity contribution < 1.29 is 18.0 Å². The van der Waals surface area contributed by atoms with E-state index in [9.17, 15) is 18.0 Å². The lowest BCUT2D eigenvalue weighted by Crippen LogP contribution is -2.22. The van der Waals surface area contributed by atoms with Gasteiger partial charge in [-0.05, 0) is 42.8 Å². The minimum atomic E-state index is -4.42. The van der Waals surface area contributed by atoms with Gasteiger partial charge in [0.05, 0.1) is 22.8 Å². The Bertz CT molecular complexity index is 717. The summed E-state index contributed by atoms with van der Waals surface area (Å²) in [4.78, 5) is 11.9. The van der Waals surface area contributed by atoms with Gasteiger partial charge in [0, 0.05) is 5.69 Å². The third kappa shape index (κ3) is 4.89. The van der Waals surface area contributed by atoms with Gasteiger partial charge < -0.3 is 10.6 Å². The first kappa shape index (κ1) is 17.1. The number of benzene rings is 2. The zero-order valence-corrected chi connectivity index (χ0v) is 12.9. The first-order valence-corrected chi connectivity index (χ1v) is 7.10. The molecule has 0 aliphatic carbocycles. The standard InChI is InChI=1S/C16H14ClF3N2O/c1-10-5-6-14(13(17)7-10)22-15(23)9-21-12-4-2-3-11(8-12)16(18,19)20/h2-8,21H,9H2,1H3,(H,22,23). The van der Waals surface area contributed by atoms with E-state index in [1.807, 2.05) is 6.92 Å². The molecule has 2 aromatic carbocycles. The molecule has 0 atom stereocenters. The molecule has 0 aliphatic rings. The van der Waals surface area contributed by atoms with E-state index in [-0.39, 0.29) is 12.2 Å². The van der Waals surface area contributed by atoms with E-state index in [0.717, 1.165) is 17.7 Å². The van der Waals surface area contributed by atoms with Crippen molar-refractivity contribution in [1.29, 1.82) is 0 Å². The monoisotopic (exact) mass is 342 g/mol. The first-order valence-electron chi connectivity index (χ1n) is 6.73. The second-order valence-corrected chi connectivity index (χ2v) is 5.37. The lowest BCUT2D eigenvalue weighted by atomic mass is 10.2. The van der Waals surface area contributed by atoms with Crippen LogP contribution in [-0.2, 0) is 11.0 Å². The third-order valence-electron chi connectivity index (χ3n) is 3.04. The summed E-state index contributed by atoms with van der Waals surface area (Å²) in [6.45, 7) is 1.69. The molecule has 0 unspecified atom stereocenters. The summed E-state index contributed by atoms with van der Waals surface area (Å²) in [6, 6.07) is 9.82. The second-order valence-electron chi connectivity index (χ2n) is 4.96. The molecule has 2 rings (SSSR count). The molecule has 2 N–H and O–H groups in total. The average Bonchev–Trinajstić information content (AvgIpc) is 2.47. The van der Waals surface area contributed by atoms with Gasteiger partial charge in [-0.1, -0.05) is 23.7 Å². The predicted molar refractivity (Wildman–Crippen MR) is 84.8 cm³/mol. The number of halogens is 4. The second kappa shape index (κ2) is 6.91. The largest absolute Gasteiger partial charge is 0.416 e. The molecule has 0 bridgehead atoms. The van der Waals surface area contributed by atoms with Crippen molar-refractivity contribution in [2.24, 2.45) is 0 Å². The van der Waals surface area contributed by atoms with E-state index in [0.29, 0.717) is 10.7 Å². The summed E-state index contributed by atoms with van der Waals surface area (Å²) >= 11 is 6.00. The number of carbonyl (C=O) groups excluding carboxylic acids is 1. The van der Waals surface area contributed by atoms with Crippen LogP contribution >= 0.6 is 11.6 Å². The molecule has 23 heavy (non-hydrogen) atoms. The van der Waals surface area contributed by atoms with Crippen LogP contribution in [0.15, 0.2) is 42.5 Å². The zero-order valence-electron chi connectivity index (χ0n) is 12.2. The van der Waals surface area contributed by atoms with Gasteiger partial charge in [0.15, 0.2) is 0 Å². The Morgan fingerprint density at radius 2 is 1.91 bits per heavy atom. The smallest absolute Gasteiger partial charge is 0.376 e. The minimum Gasteiger partial charge on any atom is -0.376 e. The summed E-state index contributed by atoms with van der Waals surface area (Å²) in [5.41, 5.74) is 0.845. The highest BCUT2D eigenvalue weighted by Crippen LogP contribution is 2.30. The summed E-state index contributed by atoms with van der Waals surface area (Å²) in [6.07, 6.45) is -4.42. The van der Waals surface area contributed by atoms with Crippen LogP contribution in [0.4, 0.5) is 24.5 Å². The Morgan fingerprint density at radius 1 is 1.17 bits per heavy atom. The van der Waals surface area contributed by atoms with E-state index in [1.165, 1.54) is 12.1 Å². The molecule has 0 aromatic heterocycles. The Balaban J connectivity index is 1.97. The lowest BCUT2D eigenvalue weighted by Gasteiger charge is -2.11. The number of rotatable bonds is 4. The van der Waals surface area contributed by atoms with Gasteiger partial charge in [0.2, 0.25) is 5.91 Å². The van der Waals surface area contributed by atoms with Gasteiger partial charge >= 0.3 is 6.18 Å². The van der Waals surface area contributed by atoms with E-state index in [1.54, 1.807) is 18.2 Å². The van der Waals surface area contributed by atoms with Gasteiger partial charge in [0.1, 0.15) is 0 Å². The fourth-order valence-electron chi connectivity index (χ4n) is 1.90. The zero-order chi connectivity index (χ0) is 17.0. The third-order valence-corrected chi connectivity index (χ3v) is 3.35. The Hall–Kier alpha value is -2.21. The lowest BCUT2D eigenvalue weighted by molar-refractivity contribution is -0.137. The Kier molecular flexibility index (Phi) is 5.15. The van der Waals surface area contributed by atoms with E-state index in [2.05, 4.69) is 10.6 Å². The van der Waals surface area contributed by atoms with Crippen LogP contribution in [0.1, 0.15) is 11.1 Å². The Morgan fingerprint density at radius 3 is 2.57 bits per heavy atom. The SMILES string of the molecule is Cc1ccc(NC(=O)CNc2cccc(C(F)(F)F)c2)c(Cl)c1. The van der Waals surface area contributed by atoms with Crippen molar-refractivity contribution in [3.63, 3.8) is 0 Å². The quantitative estimate of drug-likeness (QED) is 0.844. The molecule has 0 heterocycles. The van der Waals surface area contributed by atoms with Crippen LogP contribution < -0.4 is 10.6 Å². The molecular formula is C16H14ClF3N2O. The van der Waals surface area contributed by atoms with Crippen LogP contribution in [0.3, 0.4) is 0 Å². The van der Waals surface area contributed by atoms with E-state index < -0.39 is 17.6 Å². The van der Waals surface area contributed by atoms with Gasteiger partial charge in [-0.2, -0.15) is 13.2 Å². The highest BCUT2D eigenvalue weighted by molar-refractivity contribution is 6.33. The first-order chi connectivity index (χ1) is 10.8. The number of hydrogen-bond donors (Lipinski definition) is 2. The molecule has 122 valence electrons. The molecule has 0 saturated carbocycles. The van der Waals surface area contributed by atoms with Crippen LogP contribution in [0.2, 0.25) is 5.02 Å². The number of anilines is 2. The number of nitrogens with one attached hydrogen (secondary N) is 2. The number of alkyl halides is 3. The van der Waals surface area contributed by atoms with Crippen molar-refractivity contribution in [2.75, 3.05) is 17.2 Å².